The Balaban J connectivity index is 2.20. The van der Waals surface area contributed by atoms with E-state index in [2.05, 4.69) is 43.1 Å². The molecule has 0 fully saturated rings. The van der Waals surface area contributed by atoms with E-state index in [1.165, 1.54) is 27.6 Å². The van der Waals surface area contributed by atoms with E-state index in [0.29, 0.717) is 0 Å². The van der Waals surface area contributed by atoms with E-state index in [-0.39, 0.29) is 0 Å². The third-order valence-corrected chi connectivity index (χ3v) is 5.13. The van der Waals surface area contributed by atoms with Gasteiger partial charge in [0.05, 0.1) is 14.2 Å². The number of aryl methyl sites for hydroxylation is 3. The molecule has 1 heterocycles. The Hall–Kier alpha value is -2.46. The monoisotopic (exact) mass is 352 g/mol. The average Bonchev–Trinajstić information content (AvgIpc) is 3.04. The second-order valence-electron chi connectivity index (χ2n) is 6.76. The van der Waals surface area contributed by atoms with Crippen LogP contribution in [0.1, 0.15) is 29.5 Å². The molecule has 3 N–H and O–H groups in total. The molecule has 3 rings (SSSR count). The molecule has 0 saturated heterocycles. The van der Waals surface area contributed by atoms with Gasteiger partial charge in [0.25, 0.3) is 0 Å². The first-order valence-electron chi connectivity index (χ1n) is 9.13. The van der Waals surface area contributed by atoms with Gasteiger partial charge in [0.2, 0.25) is 0 Å². The Morgan fingerprint density at radius 1 is 0.962 bits per heavy atom. The van der Waals surface area contributed by atoms with Crippen molar-refractivity contribution in [3.8, 4) is 22.8 Å². The zero-order valence-electron chi connectivity index (χ0n) is 16.1. The molecule has 0 aliphatic heterocycles. The van der Waals surface area contributed by atoms with Crippen LogP contribution < -0.4 is 15.2 Å². The number of hydrogen-bond acceptors (Lipinski definition) is 3. The lowest BCUT2D eigenvalue weighted by molar-refractivity contribution is 0.394. The number of benzene rings is 2. The molecule has 4 heteroatoms. The highest BCUT2D eigenvalue weighted by atomic mass is 16.5. The first-order valence-corrected chi connectivity index (χ1v) is 9.13. The van der Waals surface area contributed by atoms with Crippen LogP contribution in [0.2, 0.25) is 0 Å². The number of nitrogens with one attached hydrogen (secondary N) is 1. The van der Waals surface area contributed by atoms with Crippen molar-refractivity contribution in [1.29, 1.82) is 0 Å². The minimum absolute atomic E-state index is 0.725. The van der Waals surface area contributed by atoms with Crippen molar-refractivity contribution in [3.05, 3.63) is 47.0 Å². The predicted octanol–water partition coefficient (Wildman–Crippen LogP) is 4.75. The molecule has 138 valence electrons. The molecule has 0 atom stereocenters. The minimum atomic E-state index is 0.725. The SMILES string of the molecule is COc1cc(OC)cc(-c2[nH]c3c(C)c(C)ccc3c2CCCCN)c1. The number of aromatic nitrogens is 1. The Morgan fingerprint density at radius 3 is 2.27 bits per heavy atom. The van der Waals surface area contributed by atoms with E-state index in [0.717, 1.165) is 48.6 Å². The number of H-pyrrole nitrogens is 1. The molecule has 0 aliphatic rings. The van der Waals surface area contributed by atoms with Crippen LogP contribution in [0.4, 0.5) is 0 Å². The standard InChI is InChI=1S/C22H28N2O2/c1-14-8-9-20-19(7-5-6-10-23)22(24-21(20)15(14)2)16-11-17(25-3)13-18(12-16)26-4/h8-9,11-13,24H,5-7,10,23H2,1-4H3. The van der Waals surface area contributed by atoms with Crippen LogP contribution in [0.5, 0.6) is 11.5 Å². The topological polar surface area (TPSA) is 60.3 Å². The van der Waals surface area contributed by atoms with Crippen molar-refractivity contribution < 1.29 is 9.47 Å². The smallest absolute Gasteiger partial charge is 0.123 e. The second-order valence-corrected chi connectivity index (χ2v) is 6.76. The number of unbranched alkanes of at least 4 members (excludes halogenated alkanes) is 1. The van der Waals surface area contributed by atoms with Crippen LogP contribution in [-0.2, 0) is 6.42 Å². The number of fused-ring (bicyclic) bond motifs is 1. The highest BCUT2D eigenvalue weighted by Gasteiger charge is 2.16. The molecule has 0 spiro atoms. The van der Waals surface area contributed by atoms with Gasteiger partial charge in [-0.15, -0.1) is 0 Å². The van der Waals surface area contributed by atoms with Crippen LogP contribution in [0.25, 0.3) is 22.2 Å². The van der Waals surface area contributed by atoms with Crippen LogP contribution in [0.3, 0.4) is 0 Å². The zero-order chi connectivity index (χ0) is 18.7. The molecular formula is C22H28N2O2. The highest BCUT2D eigenvalue weighted by Crippen LogP contribution is 2.37. The van der Waals surface area contributed by atoms with Crippen molar-refractivity contribution in [1.82, 2.24) is 4.98 Å². The number of hydrogen-bond donors (Lipinski definition) is 2. The third kappa shape index (κ3) is 3.42. The summed E-state index contributed by atoms with van der Waals surface area (Å²) < 4.78 is 10.9. The fourth-order valence-electron chi connectivity index (χ4n) is 3.47. The van der Waals surface area contributed by atoms with Crippen molar-refractivity contribution in [2.75, 3.05) is 20.8 Å². The molecular weight excluding hydrogens is 324 g/mol. The molecule has 0 bridgehead atoms. The van der Waals surface area contributed by atoms with Crippen molar-refractivity contribution >= 4 is 10.9 Å². The molecule has 1 aromatic heterocycles. The molecule has 4 nitrogen and oxygen atoms in total. The fourth-order valence-corrected chi connectivity index (χ4v) is 3.47. The zero-order valence-corrected chi connectivity index (χ0v) is 16.1. The lowest BCUT2D eigenvalue weighted by Crippen LogP contribution is -1.99. The van der Waals surface area contributed by atoms with Gasteiger partial charge in [0.1, 0.15) is 11.5 Å². The molecule has 0 unspecified atom stereocenters. The van der Waals surface area contributed by atoms with E-state index in [4.69, 9.17) is 15.2 Å². The van der Waals surface area contributed by atoms with Gasteiger partial charge < -0.3 is 20.2 Å². The largest absolute Gasteiger partial charge is 0.497 e. The van der Waals surface area contributed by atoms with Crippen molar-refractivity contribution in [2.24, 2.45) is 5.73 Å². The molecule has 0 amide bonds. The van der Waals surface area contributed by atoms with Crippen LogP contribution in [-0.4, -0.2) is 25.7 Å². The maximum atomic E-state index is 5.71. The summed E-state index contributed by atoms with van der Waals surface area (Å²) in [5, 5.41) is 1.29. The van der Waals surface area contributed by atoms with E-state index >= 15 is 0 Å². The molecule has 0 radical (unpaired) electrons. The Bertz CT molecular complexity index is 890. The summed E-state index contributed by atoms with van der Waals surface area (Å²) >= 11 is 0. The summed E-state index contributed by atoms with van der Waals surface area (Å²) in [5.41, 5.74) is 13.1. The normalized spacial score (nSPS) is 11.1. The third-order valence-electron chi connectivity index (χ3n) is 5.13. The van der Waals surface area contributed by atoms with Crippen LogP contribution in [0.15, 0.2) is 30.3 Å². The second kappa shape index (κ2) is 7.83. The lowest BCUT2D eigenvalue weighted by Gasteiger charge is -2.10. The average molecular weight is 352 g/mol. The van der Waals surface area contributed by atoms with Crippen LogP contribution in [0, 0.1) is 13.8 Å². The number of methoxy groups -OCH3 is 2. The van der Waals surface area contributed by atoms with Crippen LogP contribution >= 0.6 is 0 Å². The van der Waals surface area contributed by atoms with Gasteiger partial charge in [0, 0.05) is 28.2 Å². The van der Waals surface area contributed by atoms with E-state index < -0.39 is 0 Å². The molecule has 0 saturated carbocycles. The maximum Gasteiger partial charge on any atom is 0.123 e. The first-order chi connectivity index (χ1) is 12.6. The van der Waals surface area contributed by atoms with Gasteiger partial charge >= 0.3 is 0 Å². The molecule has 2 aromatic carbocycles. The Kier molecular flexibility index (Phi) is 5.52. The summed E-state index contributed by atoms with van der Waals surface area (Å²) in [6.07, 6.45) is 3.09. The number of ether oxygens (including phenoxy) is 2. The summed E-state index contributed by atoms with van der Waals surface area (Å²) in [6.45, 7) is 5.05. The minimum Gasteiger partial charge on any atom is -0.497 e. The van der Waals surface area contributed by atoms with E-state index in [9.17, 15) is 0 Å². The van der Waals surface area contributed by atoms with Gasteiger partial charge in [-0.25, -0.2) is 0 Å². The Morgan fingerprint density at radius 2 is 1.65 bits per heavy atom. The van der Waals surface area contributed by atoms with Gasteiger partial charge in [-0.3, -0.25) is 0 Å². The number of rotatable bonds is 7. The van der Waals surface area contributed by atoms with E-state index in [1.807, 2.05) is 6.07 Å². The van der Waals surface area contributed by atoms with Gasteiger partial charge in [0.15, 0.2) is 0 Å². The quantitative estimate of drug-likeness (QED) is 0.603. The summed E-state index contributed by atoms with van der Waals surface area (Å²) in [6, 6.07) is 10.4. The molecule has 0 aliphatic carbocycles. The number of aromatic amines is 1. The Labute approximate surface area is 155 Å². The lowest BCUT2D eigenvalue weighted by atomic mass is 9.98. The van der Waals surface area contributed by atoms with Crippen molar-refractivity contribution in [3.63, 3.8) is 0 Å². The summed E-state index contributed by atoms with van der Waals surface area (Å²) in [4.78, 5) is 3.68. The highest BCUT2D eigenvalue weighted by molar-refractivity contribution is 5.93. The summed E-state index contributed by atoms with van der Waals surface area (Å²) in [7, 11) is 3.36. The van der Waals surface area contributed by atoms with Gasteiger partial charge in [-0.05, 0) is 68.5 Å². The molecule has 26 heavy (non-hydrogen) atoms. The maximum absolute atomic E-state index is 5.71. The first kappa shape index (κ1) is 18.3. The van der Waals surface area contributed by atoms with E-state index in [1.54, 1.807) is 14.2 Å². The van der Waals surface area contributed by atoms with Crippen molar-refractivity contribution in [2.45, 2.75) is 33.1 Å². The number of nitrogens with two attached hydrogens (primary N) is 1. The predicted molar refractivity (Wildman–Crippen MR) is 108 cm³/mol. The summed E-state index contributed by atoms with van der Waals surface area (Å²) in [5.74, 6) is 1.58. The fraction of sp³-hybridized carbons (Fsp3) is 0.364. The van der Waals surface area contributed by atoms with Gasteiger partial charge in [-0.2, -0.15) is 0 Å². The van der Waals surface area contributed by atoms with Gasteiger partial charge in [-0.1, -0.05) is 12.1 Å². The molecule has 3 aromatic rings.